The Balaban J connectivity index is 1.41. The first-order valence-corrected chi connectivity index (χ1v) is 9.28. The smallest absolute Gasteiger partial charge is 0.247 e. The van der Waals surface area contributed by atoms with Crippen LogP contribution in [0.15, 0.2) is 40.9 Å². The van der Waals surface area contributed by atoms with Crippen molar-refractivity contribution >= 4 is 28.4 Å². The number of halogens is 1. The molecule has 1 fully saturated rings. The van der Waals surface area contributed by atoms with Crippen molar-refractivity contribution in [2.75, 3.05) is 13.2 Å². The van der Waals surface area contributed by atoms with Crippen molar-refractivity contribution < 1.29 is 18.8 Å². The molecule has 2 N–H and O–H groups in total. The molecule has 3 heterocycles. The monoisotopic (exact) mass is 401 g/mol. The molecule has 0 radical (unpaired) electrons. The highest BCUT2D eigenvalue weighted by Crippen LogP contribution is 2.31. The summed E-state index contributed by atoms with van der Waals surface area (Å²) < 4.78 is 16.0. The fourth-order valence-corrected chi connectivity index (χ4v) is 3.17. The lowest BCUT2D eigenvalue weighted by Crippen LogP contribution is -2.36. The van der Waals surface area contributed by atoms with Crippen molar-refractivity contribution in [1.82, 2.24) is 15.5 Å². The lowest BCUT2D eigenvalue weighted by Gasteiger charge is -2.27. The normalized spacial score (nSPS) is 14.1. The average Bonchev–Trinajstić information content (AvgIpc) is 3.21. The topological polar surface area (TPSA) is 89.4 Å². The van der Waals surface area contributed by atoms with Crippen LogP contribution in [0.3, 0.4) is 0 Å². The Bertz CT molecular complexity index is 1040. The number of benzene rings is 1. The minimum Gasteiger partial charge on any atom is -0.484 e. The Hall–Kier alpha value is -2.77. The van der Waals surface area contributed by atoms with Gasteiger partial charge in [0, 0.05) is 40.2 Å². The van der Waals surface area contributed by atoms with Crippen LogP contribution in [-0.4, -0.2) is 29.3 Å². The molecule has 1 saturated heterocycles. The molecule has 2 aromatic heterocycles. The van der Waals surface area contributed by atoms with Gasteiger partial charge in [0.15, 0.2) is 5.76 Å². The summed E-state index contributed by atoms with van der Waals surface area (Å²) in [6, 6.07) is 7.41. The highest BCUT2D eigenvalue weighted by molar-refractivity contribution is 6.32. The first-order chi connectivity index (χ1) is 13.5. The van der Waals surface area contributed by atoms with Gasteiger partial charge in [0.05, 0.1) is 30.5 Å². The van der Waals surface area contributed by atoms with Gasteiger partial charge in [0.25, 0.3) is 0 Å². The highest BCUT2D eigenvalue weighted by Gasteiger charge is 2.25. The second kappa shape index (κ2) is 7.69. The molecule has 3 aromatic rings. The molecule has 0 unspecified atom stereocenters. The van der Waals surface area contributed by atoms with Crippen LogP contribution in [0.25, 0.3) is 10.9 Å². The summed E-state index contributed by atoms with van der Waals surface area (Å²) in [5.41, 5.74) is 3.08. The van der Waals surface area contributed by atoms with E-state index in [9.17, 15) is 4.79 Å². The number of carbonyl (C=O) groups excluding carboxylic acids is 1. The molecule has 0 spiro atoms. The molecule has 4 rings (SSSR count). The van der Waals surface area contributed by atoms with Crippen LogP contribution < -0.4 is 10.1 Å². The molecule has 7 nitrogen and oxygen atoms in total. The number of rotatable bonds is 7. The molecule has 28 heavy (non-hydrogen) atoms. The van der Waals surface area contributed by atoms with E-state index in [0.29, 0.717) is 41.9 Å². The van der Waals surface area contributed by atoms with Crippen LogP contribution in [-0.2, 0) is 22.7 Å². The van der Waals surface area contributed by atoms with Gasteiger partial charge in [-0.05, 0) is 19.1 Å². The lowest BCUT2D eigenvalue weighted by molar-refractivity contribution is -0.120. The fourth-order valence-electron chi connectivity index (χ4n) is 2.94. The zero-order valence-corrected chi connectivity index (χ0v) is 16.1. The van der Waals surface area contributed by atoms with Crippen molar-refractivity contribution in [3.05, 3.63) is 58.6 Å². The van der Waals surface area contributed by atoms with E-state index < -0.39 is 0 Å². The zero-order chi connectivity index (χ0) is 19.7. The number of hydrogen-bond acceptors (Lipinski definition) is 5. The minimum atomic E-state index is -0.156. The van der Waals surface area contributed by atoms with Crippen molar-refractivity contribution in [3.8, 4) is 5.75 Å². The van der Waals surface area contributed by atoms with E-state index in [1.54, 1.807) is 0 Å². The number of hydrogen-bond donors (Lipinski definition) is 2. The second-order valence-electron chi connectivity index (χ2n) is 6.83. The van der Waals surface area contributed by atoms with Gasteiger partial charge < -0.3 is 24.3 Å². The van der Waals surface area contributed by atoms with E-state index in [2.05, 4.69) is 22.0 Å². The van der Waals surface area contributed by atoms with E-state index in [1.807, 2.05) is 31.2 Å². The predicted molar refractivity (Wildman–Crippen MR) is 104 cm³/mol. The van der Waals surface area contributed by atoms with Crippen LogP contribution in [0.4, 0.5) is 0 Å². The van der Waals surface area contributed by atoms with Crippen LogP contribution in [0.1, 0.15) is 17.1 Å². The Labute approximate surface area is 166 Å². The lowest BCUT2D eigenvalue weighted by atomic mass is 9.98. The van der Waals surface area contributed by atoms with E-state index >= 15 is 0 Å². The number of carbonyl (C=O) groups is 1. The molecule has 1 aliphatic rings. The summed E-state index contributed by atoms with van der Waals surface area (Å²) in [5.74, 6) is 1.13. The quantitative estimate of drug-likeness (QED) is 0.591. The number of aromatic nitrogens is 2. The van der Waals surface area contributed by atoms with Gasteiger partial charge in [0.2, 0.25) is 5.91 Å². The average molecular weight is 402 g/mol. The molecule has 0 atom stereocenters. The fraction of sp³-hybridized carbons (Fsp3) is 0.300. The van der Waals surface area contributed by atoms with Crippen LogP contribution in [0.2, 0.25) is 5.02 Å². The van der Waals surface area contributed by atoms with E-state index in [-0.39, 0.29) is 18.4 Å². The third-order valence-corrected chi connectivity index (χ3v) is 4.93. The van der Waals surface area contributed by atoms with Gasteiger partial charge in [0.1, 0.15) is 12.4 Å². The standard InChI is InChI=1S/C20H20ClN3O4/c1-11-3-16(28-24-11)10-27-19-6-18-13(5-17(19)21)4-15(23-18)7-22-20(25)12(2)14-8-26-9-14/h3-6,14,23H,2,7-10H2,1H3,(H,22,25). The van der Waals surface area contributed by atoms with Crippen LogP contribution >= 0.6 is 11.6 Å². The number of H-pyrrole nitrogens is 1. The summed E-state index contributed by atoms with van der Waals surface area (Å²) in [5, 5.41) is 8.14. The van der Waals surface area contributed by atoms with Crippen molar-refractivity contribution in [3.63, 3.8) is 0 Å². The van der Waals surface area contributed by atoms with Crippen molar-refractivity contribution in [2.45, 2.75) is 20.1 Å². The maximum atomic E-state index is 12.2. The maximum absolute atomic E-state index is 12.2. The Kier molecular flexibility index (Phi) is 5.11. The van der Waals surface area contributed by atoms with Gasteiger partial charge >= 0.3 is 0 Å². The SMILES string of the molecule is C=C(C(=O)NCc1cc2cc(Cl)c(OCc3cc(C)no3)cc2[nH]1)C1COC1. The molecular formula is C20H20ClN3O4. The molecule has 146 valence electrons. The maximum Gasteiger partial charge on any atom is 0.247 e. The molecule has 1 amide bonds. The van der Waals surface area contributed by atoms with E-state index in [0.717, 1.165) is 22.3 Å². The van der Waals surface area contributed by atoms with Gasteiger partial charge in [-0.3, -0.25) is 4.79 Å². The van der Waals surface area contributed by atoms with E-state index in [4.69, 9.17) is 25.6 Å². The minimum absolute atomic E-state index is 0.120. The first kappa shape index (κ1) is 18.6. The van der Waals surface area contributed by atoms with Gasteiger partial charge in [-0.25, -0.2) is 0 Å². The number of amides is 1. The Morgan fingerprint density at radius 1 is 1.39 bits per heavy atom. The number of fused-ring (bicyclic) bond motifs is 1. The molecule has 1 aromatic carbocycles. The molecule has 0 saturated carbocycles. The van der Waals surface area contributed by atoms with Gasteiger partial charge in [-0.2, -0.15) is 0 Å². The Morgan fingerprint density at radius 2 is 2.21 bits per heavy atom. The van der Waals surface area contributed by atoms with Crippen molar-refractivity contribution in [2.24, 2.45) is 5.92 Å². The molecule has 1 aliphatic heterocycles. The second-order valence-corrected chi connectivity index (χ2v) is 7.24. The van der Waals surface area contributed by atoms with E-state index in [1.165, 1.54) is 0 Å². The molecule has 0 aliphatic carbocycles. The summed E-state index contributed by atoms with van der Waals surface area (Å²) in [6.07, 6.45) is 0. The summed E-state index contributed by atoms with van der Waals surface area (Å²) in [6.45, 7) is 7.43. The first-order valence-electron chi connectivity index (χ1n) is 8.90. The Morgan fingerprint density at radius 3 is 2.89 bits per heavy atom. The van der Waals surface area contributed by atoms with Crippen molar-refractivity contribution in [1.29, 1.82) is 0 Å². The highest BCUT2D eigenvalue weighted by atomic mass is 35.5. The molecule has 0 bridgehead atoms. The number of ether oxygens (including phenoxy) is 2. The third kappa shape index (κ3) is 3.90. The largest absolute Gasteiger partial charge is 0.484 e. The number of aryl methyl sites for hydroxylation is 1. The molecule has 8 heteroatoms. The van der Waals surface area contributed by atoms with Gasteiger partial charge in [-0.1, -0.05) is 23.3 Å². The number of nitrogens with one attached hydrogen (secondary N) is 2. The zero-order valence-electron chi connectivity index (χ0n) is 15.4. The van der Waals surface area contributed by atoms with Crippen LogP contribution in [0.5, 0.6) is 5.75 Å². The predicted octanol–water partition coefficient (Wildman–Crippen LogP) is 3.52. The molecular weight excluding hydrogens is 382 g/mol. The van der Waals surface area contributed by atoms with Crippen LogP contribution in [0, 0.1) is 12.8 Å². The number of aromatic amines is 1. The summed E-state index contributed by atoms with van der Waals surface area (Å²) in [4.78, 5) is 15.4. The van der Waals surface area contributed by atoms with Gasteiger partial charge in [-0.15, -0.1) is 0 Å². The summed E-state index contributed by atoms with van der Waals surface area (Å²) >= 11 is 6.33. The number of nitrogens with zero attached hydrogens (tertiary/aromatic N) is 1. The summed E-state index contributed by atoms with van der Waals surface area (Å²) in [7, 11) is 0. The third-order valence-electron chi connectivity index (χ3n) is 4.64.